The first-order valence-corrected chi connectivity index (χ1v) is 5.78. The summed E-state index contributed by atoms with van der Waals surface area (Å²) >= 11 is 0. The highest BCUT2D eigenvalue weighted by Gasteiger charge is 2.48. The molecule has 0 aliphatic carbocycles. The number of hydrogen-bond donors (Lipinski definition) is 1. The van der Waals surface area contributed by atoms with Crippen LogP contribution < -0.4 is 5.32 Å². The van der Waals surface area contributed by atoms with Gasteiger partial charge in [-0.15, -0.1) is 0 Å². The summed E-state index contributed by atoms with van der Waals surface area (Å²) in [4.78, 5) is 1.28. The van der Waals surface area contributed by atoms with Crippen LogP contribution in [-0.4, -0.2) is 47.5 Å². The van der Waals surface area contributed by atoms with E-state index < -0.39 is 18.3 Å². The standard InChI is InChI=1S/C11H14F3N5/c1-16-9-2-5-19(17-9)10(3-4-15)6-18(7-10)8-11(12,13)14/h2,5H,3,6-8H2,1H3,(H,16,17). The predicted octanol–water partition coefficient (Wildman–Crippen LogP) is 1.41. The first-order valence-electron chi connectivity index (χ1n) is 5.78. The molecule has 104 valence electrons. The highest BCUT2D eigenvalue weighted by atomic mass is 19.4. The molecule has 0 aromatic carbocycles. The predicted molar refractivity (Wildman–Crippen MR) is 62.5 cm³/mol. The molecule has 19 heavy (non-hydrogen) atoms. The molecule has 1 aliphatic rings. The molecule has 2 rings (SSSR count). The van der Waals surface area contributed by atoms with Crippen molar-refractivity contribution < 1.29 is 13.2 Å². The summed E-state index contributed by atoms with van der Waals surface area (Å²) in [5.74, 6) is 0.631. The third kappa shape index (κ3) is 2.81. The van der Waals surface area contributed by atoms with Crippen molar-refractivity contribution in [2.45, 2.75) is 18.1 Å². The van der Waals surface area contributed by atoms with Crippen LogP contribution in [-0.2, 0) is 5.54 Å². The van der Waals surface area contributed by atoms with Gasteiger partial charge in [0.1, 0.15) is 11.4 Å². The zero-order valence-electron chi connectivity index (χ0n) is 10.4. The molecular formula is C11H14F3N5. The van der Waals surface area contributed by atoms with E-state index in [1.165, 1.54) is 4.90 Å². The Bertz CT molecular complexity index is 481. The van der Waals surface area contributed by atoms with Gasteiger partial charge in [-0.05, 0) is 0 Å². The lowest BCUT2D eigenvalue weighted by atomic mass is 9.87. The van der Waals surface area contributed by atoms with Gasteiger partial charge in [0.05, 0.1) is 19.0 Å². The Hall–Kier alpha value is -1.75. The van der Waals surface area contributed by atoms with Gasteiger partial charge in [-0.25, -0.2) is 0 Å². The second kappa shape index (κ2) is 4.74. The smallest absolute Gasteiger partial charge is 0.372 e. The second-order valence-electron chi connectivity index (χ2n) is 4.72. The average molecular weight is 273 g/mol. The number of hydrogen-bond acceptors (Lipinski definition) is 4. The van der Waals surface area contributed by atoms with Crippen LogP contribution in [0.2, 0.25) is 0 Å². The molecular weight excluding hydrogens is 259 g/mol. The first kappa shape index (κ1) is 13.7. The molecule has 0 bridgehead atoms. The van der Waals surface area contributed by atoms with Gasteiger partial charge in [0.2, 0.25) is 0 Å². The molecule has 1 aliphatic heterocycles. The van der Waals surface area contributed by atoms with E-state index in [0.717, 1.165) is 0 Å². The average Bonchev–Trinajstić information content (AvgIpc) is 2.72. The lowest BCUT2D eigenvalue weighted by Crippen LogP contribution is -2.64. The van der Waals surface area contributed by atoms with Crippen molar-refractivity contribution in [3.63, 3.8) is 0 Å². The first-order chi connectivity index (χ1) is 8.88. The number of nitrogens with zero attached hydrogens (tertiary/aromatic N) is 4. The van der Waals surface area contributed by atoms with Crippen molar-refractivity contribution in [1.82, 2.24) is 14.7 Å². The Labute approximate surface area is 108 Å². The zero-order valence-corrected chi connectivity index (χ0v) is 10.4. The summed E-state index contributed by atoms with van der Waals surface area (Å²) in [5, 5.41) is 15.9. The highest BCUT2D eigenvalue weighted by Crippen LogP contribution is 2.34. The lowest BCUT2D eigenvalue weighted by Gasteiger charge is -2.49. The molecule has 8 heteroatoms. The topological polar surface area (TPSA) is 56.9 Å². The molecule has 0 saturated carbocycles. The van der Waals surface area contributed by atoms with E-state index >= 15 is 0 Å². The summed E-state index contributed by atoms with van der Waals surface area (Å²) in [5.41, 5.74) is -0.644. The lowest BCUT2D eigenvalue weighted by molar-refractivity contribution is -0.167. The molecule has 1 fully saturated rings. The molecule has 1 aromatic rings. The summed E-state index contributed by atoms with van der Waals surface area (Å²) in [7, 11) is 1.71. The van der Waals surface area contributed by atoms with Crippen molar-refractivity contribution in [3.05, 3.63) is 12.3 Å². The quantitative estimate of drug-likeness (QED) is 0.901. The number of nitriles is 1. The molecule has 0 unspecified atom stereocenters. The highest BCUT2D eigenvalue weighted by molar-refractivity contribution is 5.31. The summed E-state index contributed by atoms with van der Waals surface area (Å²) in [6.45, 7) is -0.573. The van der Waals surface area contributed by atoms with Gasteiger partial charge in [0.15, 0.2) is 0 Å². The number of nitrogens with one attached hydrogen (secondary N) is 1. The Morgan fingerprint density at radius 1 is 1.53 bits per heavy atom. The van der Waals surface area contributed by atoms with Gasteiger partial charge in [-0.1, -0.05) is 0 Å². The third-order valence-corrected chi connectivity index (χ3v) is 3.18. The van der Waals surface area contributed by atoms with E-state index in [1.807, 2.05) is 6.07 Å². The second-order valence-corrected chi connectivity index (χ2v) is 4.72. The zero-order chi connectivity index (χ0) is 14.1. The number of alkyl halides is 3. The molecule has 1 aromatic heterocycles. The van der Waals surface area contributed by atoms with Crippen LogP contribution in [0.3, 0.4) is 0 Å². The SMILES string of the molecule is CNc1ccn(C2(CC#N)CN(CC(F)(F)F)C2)n1. The van der Waals surface area contributed by atoms with Crippen LogP contribution in [0.5, 0.6) is 0 Å². The van der Waals surface area contributed by atoms with Crippen LogP contribution in [0.1, 0.15) is 6.42 Å². The molecule has 0 spiro atoms. The maximum atomic E-state index is 12.3. The minimum absolute atomic E-state index is 0.145. The van der Waals surface area contributed by atoms with Crippen LogP contribution in [0, 0.1) is 11.3 Å². The van der Waals surface area contributed by atoms with Crippen LogP contribution >= 0.6 is 0 Å². The van der Waals surface area contributed by atoms with Gasteiger partial charge >= 0.3 is 6.18 Å². The van der Waals surface area contributed by atoms with Gasteiger partial charge in [-0.3, -0.25) is 9.58 Å². The number of anilines is 1. The maximum Gasteiger partial charge on any atom is 0.401 e. The fourth-order valence-corrected chi connectivity index (χ4v) is 2.36. The number of aromatic nitrogens is 2. The van der Waals surface area contributed by atoms with Crippen LogP contribution in [0.15, 0.2) is 12.3 Å². The van der Waals surface area contributed by atoms with Crippen molar-refractivity contribution in [1.29, 1.82) is 5.26 Å². The van der Waals surface area contributed by atoms with Crippen molar-refractivity contribution in [2.24, 2.45) is 0 Å². The van der Waals surface area contributed by atoms with E-state index in [9.17, 15) is 13.2 Å². The number of halogens is 3. The van der Waals surface area contributed by atoms with E-state index in [1.54, 1.807) is 24.0 Å². The Kier molecular flexibility index (Phi) is 3.41. The van der Waals surface area contributed by atoms with Crippen molar-refractivity contribution in [3.8, 4) is 6.07 Å². The number of likely N-dealkylation sites (tertiary alicyclic amines) is 1. The van der Waals surface area contributed by atoms with Gasteiger partial charge in [0.25, 0.3) is 0 Å². The van der Waals surface area contributed by atoms with Crippen LogP contribution in [0.25, 0.3) is 0 Å². The minimum Gasteiger partial charge on any atom is -0.372 e. The molecule has 1 N–H and O–H groups in total. The molecule has 1 saturated heterocycles. The summed E-state index contributed by atoms with van der Waals surface area (Å²) in [6.07, 6.45) is -2.38. The van der Waals surface area contributed by atoms with E-state index in [2.05, 4.69) is 10.4 Å². The van der Waals surface area contributed by atoms with Gasteiger partial charge in [0, 0.05) is 32.4 Å². The van der Waals surface area contributed by atoms with Crippen molar-refractivity contribution >= 4 is 5.82 Å². The van der Waals surface area contributed by atoms with Gasteiger partial charge < -0.3 is 5.32 Å². The molecule has 0 atom stereocenters. The maximum absolute atomic E-state index is 12.3. The molecule has 0 amide bonds. The third-order valence-electron chi connectivity index (χ3n) is 3.18. The fourth-order valence-electron chi connectivity index (χ4n) is 2.36. The van der Waals surface area contributed by atoms with E-state index in [0.29, 0.717) is 5.82 Å². The van der Waals surface area contributed by atoms with Crippen molar-refractivity contribution in [2.75, 3.05) is 32.0 Å². The molecule has 0 radical (unpaired) electrons. The van der Waals surface area contributed by atoms with Gasteiger partial charge in [-0.2, -0.15) is 23.5 Å². The number of rotatable bonds is 4. The molecule has 5 nitrogen and oxygen atoms in total. The fraction of sp³-hybridized carbons (Fsp3) is 0.636. The monoisotopic (exact) mass is 273 g/mol. The largest absolute Gasteiger partial charge is 0.401 e. The summed E-state index contributed by atoms with van der Waals surface area (Å²) < 4.78 is 38.5. The Morgan fingerprint density at radius 3 is 2.68 bits per heavy atom. The molecule has 2 heterocycles. The Morgan fingerprint density at radius 2 is 2.21 bits per heavy atom. The van der Waals surface area contributed by atoms with E-state index in [-0.39, 0.29) is 19.5 Å². The summed E-state index contributed by atoms with van der Waals surface area (Å²) in [6, 6.07) is 3.76. The Balaban J connectivity index is 2.08. The minimum atomic E-state index is -4.21. The normalized spacial score (nSPS) is 18.7. The van der Waals surface area contributed by atoms with Crippen LogP contribution in [0.4, 0.5) is 19.0 Å². The van der Waals surface area contributed by atoms with E-state index in [4.69, 9.17) is 5.26 Å².